The molecule has 0 aromatic carbocycles. The molecule has 2 N–H and O–H groups in total. The minimum atomic E-state index is 0.406. The van der Waals surface area contributed by atoms with Gasteiger partial charge in [-0.15, -0.1) is 0 Å². The van der Waals surface area contributed by atoms with E-state index >= 15 is 0 Å². The molecule has 0 aliphatic heterocycles. The molecule has 2 aromatic rings. The Balaban J connectivity index is 2.11. The molecule has 2 heterocycles. The molecule has 0 fully saturated rings. The summed E-state index contributed by atoms with van der Waals surface area (Å²) in [5, 5.41) is 0. The van der Waals surface area contributed by atoms with Gasteiger partial charge in [0, 0.05) is 30.1 Å². The molecule has 0 saturated heterocycles. The highest BCUT2D eigenvalue weighted by Gasteiger charge is 2.04. The van der Waals surface area contributed by atoms with Crippen LogP contribution in [0.1, 0.15) is 17.0 Å². The molecule has 2 aromatic heterocycles. The van der Waals surface area contributed by atoms with Crippen LogP contribution >= 0.6 is 0 Å². The molecule has 0 unspecified atom stereocenters. The van der Waals surface area contributed by atoms with E-state index in [9.17, 15) is 0 Å². The molecule has 4 heteroatoms. The number of aryl methyl sites for hydroxylation is 1. The highest BCUT2D eigenvalue weighted by molar-refractivity contribution is 5.32. The number of ether oxygens (including phenoxy) is 1. The van der Waals surface area contributed by atoms with E-state index in [0.717, 1.165) is 22.8 Å². The maximum atomic E-state index is 5.64. The van der Waals surface area contributed by atoms with E-state index in [1.54, 1.807) is 12.5 Å². The number of hydrogen-bond donors (Lipinski definition) is 1. The minimum Gasteiger partial charge on any atom is -0.485 e. The van der Waals surface area contributed by atoms with Crippen LogP contribution in [-0.4, -0.2) is 4.98 Å². The van der Waals surface area contributed by atoms with Crippen LogP contribution in [0.2, 0.25) is 0 Å². The van der Waals surface area contributed by atoms with Gasteiger partial charge in [0.05, 0.1) is 6.26 Å². The van der Waals surface area contributed by atoms with Crippen LogP contribution in [0.25, 0.3) is 0 Å². The average molecular weight is 218 g/mol. The van der Waals surface area contributed by atoms with Crippen molar-refractivity contribution in [2.75, 3.05) is 0 Å². The molecule has 0 spiro atoms. The molecule has 4 nitrogen and oxygen atoms in total. The van der Waals surface area contributed by atoms with Crippen molar-refractivity contribution in [1.29, 1.82) is 0 Å². The summed E-state index contributed by atoms with van der Waals surface area (Å²) < 4.78 is 10.8. The first kappa shape index (κ1) is 10.7. The standard InChI is InChI=1S/C12H14N2O2/c1-9-5-12(10(6-13)7-14-9)16-8-11-3-2-4-15-11/h2-5,7H,6,8,13H2,1H3. The Morgan fingerprint density at radius 1 is 1.50 bits per heavy atom. The Hall–Kier alpha value is -1.81. The summed E-state index contributed by atoms with van der Waals surface area (Å²) in [5.74, 6) is 1.56. The second kappa shape index (κ2) is 4.81. The lowest BCUT2D eigenvalue weighted by atomic mass is 10.2. The van der Waals surface area contributed by atoms with E-state index in [0.29, 0.717) is 13.2 Å². The third kappa shape index (κ3) is 2.41. The van der Waals surface area contributed by atoms with E-state index in [-0.39, 0.29) is 0 Å². The Bertz CT molecular complexity index is 452. The summed E-state index contributed by atoms with van der Waals surface area (Å²) in [5.41, 5.74) is 7.42. The van der Waals surface area contributed by atoms with Gasteiger partial charge < -0.3 is 14.9 Å². The van der Waals surface area contributed by atoms with Gasteiger partial charge in [-0.1, -0.05) is 0 Å². The first-order valence-electron chi connectivity index (χ1n) is 5.10. The minimum absolute atomic E-state index is 0.406. The molecule has 84 valence electrons. The molecule has 0 bridgehead atoms. The Morgan fingerprint density at radius 3 is 3.06 bits per heavy atom. The van der Waals surface area contributed by atoms with Crippen molar-refractivity contribution < 1.29 is 9.15 Å². The van der Waals surface area contributed by atoms with Gasteiger partial charge in [-0.25, -0.2) is 0 Å². The summed E-state index contributed by atoms with van der Waals surface area (Å²) in [6.07, 6.45) is 3.37. The number of nitrogens with zero attached hydrogens (tertiary/aromatic N) is 1. The first-order chi connectivity index (χ1) is 7.79. The zero-order valence-electron chi connectivity index (χ0n) is 9.14. The van der Waals surface area contributed by atoms with Gasteiger partial charge >= 0.3 is 0 Å². The van der Waals surface area contributed by atoms with Gasteiger partial charge in [0.2, 0.25) is 0 Å². The van der Waals surface area contributed by atoms with Crippen molar-refractivity contribution in [2.24, 2.45) is 5.73 Å². The van der Waals surface area contributed by atoms with Crippen LogP contribution in [-0.2, 0) is 13.2 Å². The molecule has 0 radical (unpaired) electrons. The molecular formula is C12H14N2O2. The van der Waals surface area contributed by atoms with Crippen molar-refractivity contribution in [1.82, 2.24) is 4.98 Å². The first-order valence-corrected chi connectivity index (χ1v) is 5.10. The van der Waals surface area contributed by atoms with Crippen molar-refractivity contribution in [3.63, 3.8) is 0 Å². The second-order valence-electron chi connectivity index (χ2n) is 3.51. The SMILES string of the molecule is Cc1cc(OCc2ccco2)c(CN)cn1. The average Bonchev–Trinajstić information content (AvgIpc) is 2.79. The topological polar surface area (TPSA) is 61.3 Å². The fourth-order valence-electron chi connectivity index (χ4n) is 1.39. The molecule has 16 heavy (non-hydrogen) atoms. The maximum Gasteiger partial charge on any atom is 0.146 e. The lowest BCUT2D eigenvalue weighted by molar-refractivity contribution is 0.267. The quantitative estimate of drug-likeness (QED) is 0.852. The van der Waals surface area contributed by atoms with E-state index in [1.807, 2.05) is 25.1 Å². The summed E-state index contributed by atoms with van der Waals surface area (Å²) in [4.78, 5) is 4.17. The van der Waals surface area contributed by atoms with Gasteiger partial charge in [-0.3, -0.25) is 4.98 Å². The number of aromatic nitrogens is 1. The number of hydrogen-bond acceptors (Lipinski definition) is 4. The predicted molar refractivity (Wildman–Crippen MR) is 59.9 cm³/mol. The largest absolute Gasteiger partial charge is 0.485 e. The van der Waals surface area contributed by atoms with Crippen LogP contribution in [0.15, 0.2) is 35.1 Å². The van der Waals surface area contributed by atoms with Gasteiger partial charge in [0.1, 0.15) is 18.1 Å². The smallest absolute Gasteiger partial charge is 0.146 e. The summed E-state index contributed by atoms with van der Waals surface area (Å²) >= 11 is 0. The predicted octanol–water partition coefficient (Wildman–Crippen LogP) is 2.02. The van der Waals surface area contributed by atoms with Crippen LogP contribution < -0.4 is 10.5 Å². The van der Waals surface area contributed by atoms with Crippen LogP contribution in [0, 0.1) is 6.92 Å². The highest BCUT2D eigenvalue weighted by Crippen LogP contribution is 2.19. The van der Waals surface area contributed by atoms with E-state index in [2.05, 4.69) is 4.98 Å². The monoisotopic (exact) mass is 218 g/mol. The normalized spacial score (nSPS) is 10.4. The van der Waals surface area contributed by atoms with Gasteiger partial charge in [0.15, 0.2) is 0 Å². The molecule has 0 aliphatic rings. The van der Waals surface area contributed by atoms with E-state index < -0.39 is 0 Å². The van der Waals surface area contributed by atoms with Crippen LogP contribution in [0.3, 0.4) is 0 Å². The Morgan fingerprint density at radius 2 is 2.38 bits per heavy atom. The third-order valence-electron chi connectivity index (χ3n) is 2.25. The zero-order chi connectivity index (χ0) is 11.4. The van der Waals surface area contributed by atoms with Crippen LogP contribution in [0.4, 0.5) is 0 Å². The van der Waals surface area contributed by atoms with E-state index in [4.69, 9.17) is 14.9 Å². The Kier molecular flexibility index (Phi) is 3.22. The maximum absolute atomic E-state index is 5.64. The highest BCUT2D eigenvalue weighted by atomic mass is 16.5. The van der Waals surface area contributed by atoms with E-state index in [1.165, 1.54) is 0 Å². The fraction of sp³-hybridized carbons (Fsp3) is 0.250. The number of furan rings is 1. The van der Waals surface area contributed by atoms with Crippen molar-refractivity contribution >= 4 is 0 Å². The van der Waals surface area contributed by atoms with Gasteiger partial charge in [-0.2, -0.15) is 0 Å². The number of pyridine rings is 1. The van der Waals surface area contributed by atoms with Crippen molar-refractivity contribution in [2.45, 2.75) is 20.1 Å². The van der Waals surface area contributed by atoms with Gasteiger partial charge in [-0.05, 0) is 19.1 Å². The lowest BCUT2D eigenvalue weighted by Crippen LogP contribution is -2.03. The Labute approximate surface area is 94.1 Å². The fourth-order valence-corrected chi connectivity index (χ4v) is 1.39. The molecule has 0 aliphatic carbocycles. The summed E-state index contributed by atoms with van der Waals surface area (Å²) in [6, 6.07) is 5.58. The number of rotatable bonds is 4. The molecule has 2 rings (SSSR count). The molecule has 0 amide bonds. The summed E-state index contributed by atoms with van der Waals surface area (Å²) in [7, 11) is 0. The molecular weight excluding hydrogens is 204 g/mol. The second-order valence-corrected chi connectivity index (χ2v) is 3.51. The molecule has 0 atom stereocenters. The lowest BCUT2D eigenvalue weighted by Gasteiger charge is -2.09. The third-order valence-corrected chi connectivity index (χ3v) is 2.25. The van der Waals surface area contributed by atoms with Crippen molar-refractivity contribution in [3.05, 3.63) is 47.7 Å². The zero-order valence-corrected chi connectivity index (χ0v) is 9.14. The van der Waals surface area contributed by atoms with Crippen molar-refractivity contribution in [3.8, 4) is 5.75 Å². The summed E-state index contributed by atoms with van der Waals surface area (Å²) in [6.45, 7) is 2.74. The van der Waals surface area contributed by atoms with Crippen LogP contribution in [0.5, 0.6) is 5.75 Å². The van der Waals surface area contributed by atoms with Gasteiger partial charge in [0.25, 0.3) is 0 Å². The number of nitrogens with two attached hydrogens (primary N) is 1. The molecule has 0 saturated carbocycles.